The highest BCUT2D eigenvalue weighted by atomic mass is 19.4. The van der Waals surface area contributed by atoms with Gasteiger partial charge in [-0.2, -0.15) is 13.2 Å². The number of alkyl carbamates (subject to hydrolysis) is 1. The first-order valence-electron chi connectivity index (χ1n) is 10.3. The molecule has 166 valence electrons. The molecule has 0 spiro atoms. The van der Waals surface area contributed by atoms with Gasteiger partial charge in [0, 0.05) is 18.8 Å². The van der Waals surface area contributed by atoms with Gasteiger partial charge in [0.1, 0.15) is 6.61 Å². The summed E-state index contributed by atoms with van der Waals surface area (Å²) in [7, 11) is 0. The highest BCUT2D eigenvalue weighted by molar-refractivity contribution is 5.68. The predicted octanol–water partition coefficient (Wildman–Crippen LogP) is 5.56. The number of rotatable bonds is 5. The number of carbonyl (C=O) groups is 1. The zero-order valence-electron chi connectivity index (χ0n) is 17.3. The molecule has 32 heavy (non-hydrogen) atoms. The molecule has 4 nitrogen and oxygen atoms in total. The number of anilines is 1. The number of fused-ring (bicyclic) bond motifs is 1. The fraction of sp³-hybridized carbons (Fsp3) is 0.240. The van der Waals surface area contributed by atoms with Crippen molar-refractivity contribution < 1.29 is 22.7 Å². The molecule has 1 unspecified atom stereocenters. The van der Waals surface area contributed by atoms with Crippen molar-refractivity contribution in [3.63, 3.8) is 0 Å². The molecular formula is C25H23F3N2O2. The molecule has 1 atom stereocenters. The van der Waals surface area contributed by atoms with Crippen LogP contribution in [0, 0.1) is 0 Å². The maximum Gasteiger partial charge on any atom is 0.416 e. The Morgan fingerprint density at radius 2 is 1.62 bits per heavy atom. The fourth-order valence-electron chi connectivity index (χ4n) is 3.91. The summed E-state index contributed by atoms with van der Waals surface area (Å²) >= 11 is 0. The third-order valence-corrected chi connectivity index (χ3v) is 5.41. The van der Waals surface area contributed by atoms with Crippen molar-refractivity contribution >= 4 is 11.8 Å². The third-order valence-electron chi connectivity index (χ3n) is 5.41. The lowest BCUT2D eigenvalue weighted by molar-refractivity contribution is -0.137. The number of nitrogens with one attached hydrogen (secondary N) is 1. The summed E-state index contributed by atoms with van der Waals surface area (Å²) in [5.41, 5.74) is 2.50. The van der Waals surface area contributed by atoms with Crippen molar-refractivity contribution in [3.05, 3.63) is 101 Å². The molecule has 1 amide bonds. The largest absolute Gasteiger partial charge is 0.445 e. The lowest BCUT2D eigenvalue weighted by Crippen LogP contribution is -2.48. The average molecular weight is 440 g/mol. The van der Waals surface area contributed by atoms with Gasteiger partial charge < -0.3 is 15.0 Å². The Morgan fingerprint density at radius 3 is 2.28 bits per heavy atom. The second-order valence-electron chi connectivity index (χ2n) is 7.81. The van der Waals surface area contributed by atoms with Crippen LogP contribution < -0.4 is 10.2 Å². The number of nitrogens with zero attached hydrogens (tertiary/aromatic N) is 1. The number of alkyl halides is 3. The molecule has 1 N–H and O–H groups in total. The molecule has 0 bridgehead atoms. The number of ether oxygens (including phenoxy) is 1. The topological polar surface area (TPSA) is 41.6 Å². The molecule has 1 heterocycles. The minimum Gasteiger partial charge on any atom is -0.445 e. The molecular weight excluding hydrogens is 417 g/mol. The van der Waals surface area contributed by atoms with Crippen molar-refractivity contribution in [2.75, 3.05) is 11.4 Å². The van der Waals surface area contributed by atoms with Crippen molar-refractivity contribution in [2.24, 2.45) is 0 Å². The number of hydrogen-bond donors (Lipinski definition) is 1. The molecule has 1 aliphatic heterocycles. The summed E-state index contributed by atoms with van der Waals surface area (Å²) in [6.45, 7) is 1.12. The van der Waals surface area contributed by atoms with E-state index in [-0.39, 0.29) is 12.6 Å². The van der Waals surface area contributed by atoms with Crippen LogP contribution in [0.5, 0.6) is 0 Å². The lowest BCUT2D eigenvalue weighted by Gasteiger charge is -2.36. The SMILES string of the molecule is O=C(NC1Cc2cc(C(F)(F)F)ccc2N(Cc2ccccc2)C1)OCc1ccccc1. The van der Waals surface area contributed by atoms with Crippen molar-refractivity contribution in [1.82, 2.24) is 5.32 Å². The monoisotopic (exact) mass is 440 g/mol. The number of hydrogen-bond acceptors (Lipinski definition) is 3. The van der Waals surface area contributed by atoms with Crippen LogP contribution in [0.1, 0.15) is 22.3 Å². The van der Waals surface area contributed by atoms with Gasteiger partial charge in [0.2, 0.25) is 0 Å². The molecule has 3 aromatic carbocycles. The summed E-state index contributed by atoms with van der Waals surface area (Å²) in [5.74, 6) is 0. The van der Waals surface area contributed by atoms with Crippen LogP contribution >= 0.6 is 0 Å². The minimum absolute atomic E-state index is 0.127. The van der Waals surface area contributed by atoms with Gasteiger partial charge in [-0.25, -0.2) is 4.79 Å². The first-order valence-corrected chi connectivity index (χ1v) is 10.3. The van der Waals surface area contributed by atoms with E-state index in [9.17, 15) is 18.0 Å². The van der Waals surface area contributed by atoms with Crippen LogP contribution in [0.4, 0.5) is 23.7 Å². The Morgan fingerprint density at radius 1 is 0.969 bits per heavy atom. The molecule has 0 fully saturated rings. The first-order chi connectivity index (χ1) is 15.4. The maximum atomic E-state index is 13.3. The Labute approximate surface area is 184 Å². The van der Waals surface area contributed by atoms with E-state index in [1.807, 2.05) is 65.6 Å². The minimum atomic E-state index is -4.42. The van der Waals surface area contributed by atoms with Crippen LogP contribution in [0.15, 0.2) is 78.9 Å². The van der Waals surface area contributed by atoms with Gasteiger partial charge in [0.05, 0.1) is 11.6 Å². The van der Waals surface area contributed by atoms with E-state index < -0.39 is 17.8 Å². The second-order valence-corrected chi connectivity index (χ2v) is 7.81. The van der Waals surface area contributed by atoms with E-state index in [0.29, 0.717) is 25.1 Å². The summed E-state index contributed by atoms with van der Waals surface area (Å²) in [6, 6.07) is 22.4. The molecule has 1 aliphatic rings. The van der Waals surface area contributed by atoms with Gasteiger partial charge in [0.15, 0.2) is 0 Å². The normalized spacial score (nSPS) is 15.7. The van der Waals surface area contributed by atoms with E-state index in [1.165, 1.54) is 12.1 Å². The van der Waals surface area contributed by atoms with Crippen LogP contribution in [-0.4, -0.2) is 18.7 Å². The van der Waals surface area contributed by atoms with Gasteiger partial charge in [-0.1, -0.05) is 60.7 Å². The van der Waals surface area contributed by atoms with Crippen LogP contribution in [-0.2, 0) is 30.5 Å². The van der Waals surface area contributed by atoms with Gasteiger partial charge in [-0.05, 0) is 41.3 Å². The van der Waals surface area contributed by atoms with Gasteiger partial charge in [-0.3, -0.25) is 0 Å². The Hall–Kier alpha value is -3.48. The standard InChI is InChI=1S/C25H23F3N2O2/c26-25(27,28)21-11-12-23-20(13-21)14-22(16-30(23)15-18-7-3-1-4-8-18)29-24(31)32-17-19-9-5-2-6-10-19/h1-13,22H,14-17H2,(H,29,31). The molecule has 4 rings (SSSR count). The number of carbonyl (C=O) groups excluding carboxylic acids is 1. The molecule has 0 saturated carbocycles. The van der Waals surface area contributed by atoms with Crippen molar-refractivity contribution in [3.8, 4) is 0 Å². The molecule has 3 aromatic rings. The quantitative estimate of drug-likeness (QED) is 0.565. The fourth-order valence-corrected chi connectivity index (χ4v) is 3.91. The third kappa shape index (κ3) is 5.41. The summed E-state index contributed by atoms with van der Waals surface area (Å²) in [5, 5.41) is 2.82. The number of benzene rings is 3. The highest BCUT2D eigenvalue weighted by Crippen LogP contribution is 2.35. The Bertz CT molecular complexity index is 1060. The van der Waals surface area contributed by atoms with Crippen molar-refractivity contribution in [2.45, 2.75) is 31.8 Å². The predicted molar refractivity (Wildman–Crippen MR) is 116 cm³/mol. The smallest absolute Gasteiger partial charge is 0.416 e. The van der Waals surface area contributed by atoms with Crippen LogP contribution in [0.25, 0.3) is 0 Å². The Kier molecular flexibility index (Phi) is 6.35. The van der Waals surface area contributed by atoms with E-state index >= 15 is 0 Å². The maximum absolute atomic E-state index is 13.3. The number of halogens is 3. The number of amides is 1. The molecule has 0 radical (unpaired) electrons. The van der Waals surface area contributed by atoms with Gasteiger partial charge >= 0.3 is 12.3 Å². The molecule has 0 aliphatic carbocycles. The van der Waals surface area contributed by atoms with Crippen molar-refractivity contribution in [1.29, 1.82) is 0 Å². The van der Waals surface area contributed by atoms with Crippen LogP contribution in [0.2, 0.25) is 0 Å². The van der Waals surface area contributed by atoms with Gasteiger partial charge in [-0.15, -0.1) is 0 Å². The zero-order valence-corrected chi connectivity index (χ0v) is 17.3. The molecule has 0 saturated heterocycles. The summed E-state index contributed by atoms with van der Waals surface area (Å²) in [4.78, 5) is 14.4. The first kappa shape index (κ1) is 21.7. The lowest BCUT2D eigenvalue weighted by atomic mass is 9.95. The Balaban J connectivity index is 1.51. The second kappa shape index (κ2) is 9.34. The van der Waals surface area contributed by atoms with E-state index in [2.05, 4.69) is 5.32 Å². The van der Waals surface area contributed by atoms with E-state index in [0.717, 1.165) is 22.9 Å². The average Bonchev–Trinajstić information content (AvgIpc) is 2.78. The van der Waals surface area contributed by atoms with E-state index in [4.69, 9.17) is 4.74 Å². The highest BCUT2D eigenvalue weighted by Gasteiger charge is 2.33. The molecule has 7 heteroatoms. The van der Waals surface area contributed by atoms with Gasteiger partial charge in [0.25, 0.3) is 0 Å². The van der Waals surface area contributed by atoms with Crippen LogP contribution in [0.3, 0.4) is 0 Å². The zero-order chi connectivity index (χ0) is 22.6. The van der Waals surface area contributed by atoms with E-state index in [1.54, 1.807) is 0 Å². The summed E-state index contributed by atoms with van der Waals surface area (Å²) in [6.07, 6.45) is -4.71. The molecule has 0 aromatic heterocycles. The summed E-state index contributed by atoms with van der Waals surface area (Å²) < 4.78 is 45.1.